The van der Waals surface area contributed by atoms with Crippen molar-refractivity contribution in [2.75, 3.05) is 5.32 Å². The van der Waals surface area contributed by atoms with Crippen LogP contribution in [0.15, 0.2) is 70.5 Å². The number of benzene rings is 2. The lowest BCUT2D eigenvalue weighted by molar-refractivity contribution is 0.607. The van der Waals surface area contributed by atoms with Gasteiger partial charge in [-0.05, 0) is 30.5 Å². The lowest BCUT2D eigenvalue weighted by Gasteiger charge is -2.07. The van der Waals surface area contributed by atoms with Crippen molar-refractivity contribution in [3.63, 3.8) is 0 Å². The Hall–Kier alpha value is -3.41. The molecule has 0 radical (unpaired) electrons. The van der Waals surface area contributed by atoms with Gasteiger partial charge in [0.1, 0.15) is 0 Å². The second-order valence-electron chi connectivity index (χ2n) is 7.66. The van der Waals surface area contributed by atoms with Crippen LogP contribution in [0.1, 0.15) is 51.0 Å². The second-order valence-corrected chi connectivity index (χ2v) is 7.66. The molecule has 4 N–H and O–H groups in total. The summed E-state index contributed by atoms with van der Waals surface area (Å²) in [5, 5.41) is 3.05. The maximum atomic E-state index is 12.0. The van der Waals surface area contributed by atoms with Gasteiger partial charge in [0.15, 0.2) is 0 Å². The highest BCUT2D eigenvalue weighted by Crippen LogP contribution is 2.17. The molecule has 0 spiro atoms. The number of aromatic amines is 1. The summed E-state index contributed by atoms with van der Waals surface area (Å²) in [6.45, 7) is 2.24. The first kappa shape index (κ1) is 22.3. The van der Waals surface area contributed by atoms with Gasteiger partial charge in [0.05, 0.1) is 5.69 Å². The van der Waals surface area contributed by atoms with Gasteiger partial charge in [-0.2, -0.15) is 4.99 Å². The van der Waals surface area contributed by atoms with Crippen molar-refractivity contribution in [1.29, 1.82) is 0 Å². The van der Waals surface area contributed by atoms with E-state index in [2.05, 4.69) is 39.3 Å². The van der Waals surface area contributed by atoms with E-state index < -0.39 is 0 Å². The van der Waals surface area contributed by atoms with E-state index in [0.717, 1.165) is 17.7 Å². The number of guanidine groups is 1. The Balaban J connectivity index is 1.58. The first-order chi connectivity index (χ1) is 15.1. The summed E-state index contributed by atoms with van der Waals surface area (Å²) in [5.74, 6) is 0.327. The topological polar surface area (TPSA) is 96.2 Å². The summed E-state index contributed by atoms with van der Waals surface area (Å²) >= 11 is 0. The Morgan fingerprint density at radius 3 is 2.45 bits per heavy atom. The zero-order chi connectivity index (χ0) is 21.9. The van der Waals surface area contributed by atoms with Crippen LogP contribution in [0.4, 0.5) is 11.6 Å². The Labute approximate surface area is 183 Å². The van der Waals surface area contributed by atoms with Gasteiger partial charge in [-0.3, -0.25) is 9.78 Å². The van der Waals surface area contributed by atoms with Gasteiger partial charge in [-0.15, -0.1) is 0 Å². The van der Waals surface area contributed by atoms with Crippen LogP contribution in [0, 0.1) is 0 Å². The Morgan fingerprint density at radius 1 is 1.00 bits per heavy atom. The number of nitrogens with two attached hydrogens (primary N) is 1. The number of rotatable bonds is 10. The zero-order valence-corrected chi connectivity index (χ0v) is 18.1. The fraction of sp³-hybridized carbons (Fsp3) is 0.320. The predicted molar refractivity (Wildman–Crippen MR) is 129 cm³/mol. The van der Waals surface area contributed by atoms with Crippen LogP contribution in [0.2, 0.25) is 0 Å². The maximum Gasteiger partial charge on any atom is 0.252 e. The van der Waals surface area contributed by atoms with Crippen molar-refractivity contribution in [2.24, 2.45) is 10.7 Å². The molecule has 162 valence electrons. The molecule has 2 aromatic carbocycles. The molecule has 6 nitrogen and oxygen atoms in total. The predicted octanol–water partition coefficient (Wildman–Crippen LogP) is 5.40. The minimum atomic E-state index is -0.278. The van der Waals surface area contributed by atoms with Gasteiger partial charge < -0.3 is 11.1 Å². The number of hydrogen-bond acceptors (Lipinski definition) is 3. The van der Waals surface area contributed by atoms with E-state index in [4.69, 9.17) is 5.73 Å². The van der Waals surface area contributed by atoms with Gasteiger partial charge in [-0.1, -0.05) is 81.5 Å². The van der Waals surface area contributed by atoms with Crippen molar-refractivity contribution in [2.45, 2.75) is 51.9 Å². The zero-order valence-electron chi connectivity index (χ0n) is 18.1. The first-order valence-corrected chi connectivity index (χ1v) is 11.0. The van der Waals surface area contributed by atoms with Crippen LogP contribution in [-0.2, 0) is 6.42 Å². The summed E-state index contributed by atoms with van der Waals surface area (Å²) in [4.78, 5) is 23.2. The lowest BCUT2D eigenvalue weighted by atomic mass is 10.0. The van der Waals surface area contributed by atoms with Crippen LogP contribution >= 0.6 is 0 Å². The van der Waals surface area contributed by atoms with E-state index in [1.165, 1.54) is 50.2 Å². The minimum Gasteiger partial charge on any atom is -0.369 e. The maximum absolute atomic E-state index is 12.0. The third-order valence-electron chi connectivity index (χ3n) is 5.07. The van der Waals surface area contributed by atoms with Gasteiger partial charge >= 0.3 is 0 Å². The quantitative estimate of drug-likeness (QED) is 0.234. The highest BCUT2D eigenvalue weighted by molar-refractivity contribution is 5.93. The van der Waals surface area contributed by atoms with Crippen molar-refractivity contribution < 1.29 is 0 Å². The van der Waals surface area contributed by atoms with Gasteiger partial charge in [0, 0.05) is 17.3 Å². The number of aromatic nitrogens is 2. The van der Waals surface area contributed by atoms with Crippen LogP contribution in [0.5, 0.6) is 0 Å². The largest absolute Gasteiger partial charge is 0.369 e. The standard InChI is InChI=1S/C25H31N5O/c1-2-3-4-5-6-8-11-19-14-16-21(17-15-19)27-24(26)30-25-28-22(18-23(31)29-25)20-12-9-7-10-13-20/h7,9-10,12-18H,2-6,8,11H2,1H3,(H4,26,27,28,29,30,31). The summed E-state index contributed by atoms with van der Waals surface area (Å²) < 4.78 is 0. The van der Waals surface area contributed by atoms with Crippen LogP contribution in [-0.4, -0.2) is 15.9 Å². The molecule has 0 atom stereocenters. The van der Waals surface area contributed by atoms with Crippen molar-refractivity contribution in [3.8, 4) is 11.3 Å². The summed E-state index contributed by atoms with van der Waals surface area (Å²) in [7, 11) is 0. The molecule has 31 heavy (non-hydrogen) atoms. The summed E-state index contributed by atoms with van der Waals surface area (Å²) in [5.41, 5.74) is 9.31. The number of anilines is 1. The molecular formula is C25H31N5O. The Morgan fingerprint density at radius 2 is 1.71 bits per heavy atom. The van der Waals surface area contributed by atoms with Crippen molar-refractivity contribution >= 4 is 17.6 Å². The minimum absolute atomic E-state index is 0.163. The molecule has 0 saturated heterocycles. The molecule has 0 amide bonds. The van der Waals surface area contributed by atoms with Gasteiger partial charge in [0.25, 0.3) is 5.56 Å². The third kappa shape index (κ3) is 7.41. The monoisotopic (exact) mass is 417 g/mol. The van der Waals surface area contributed by atoms with E-state index >= 15 is 0 Å². The number of unbranched alkanes of at least 4 members (excludes halogenated alkanes) is 5. The molecular weight excluding hydrogens is 386 g/mol. The number of H-pyrrole nitrogens is 1. The van der Waals surface area contributed by atoms with Crippen LogP contribution in [0.25, 0.3) is 11.3 Å². The average molecular weight is 418 g/mol. The normalized spacial score (nSPS) is 11.5. The fourth-order valence-electron chi connectivity index (χ4n) is 3.41. The molecule has 1 heterocycles. The first-order valence-electron chi connectivity index (χ1n) is 11.0. The molecule has 0 unspecified atom stereocenters. The molecule has 0 bridgehead atoms. The van der Waals surface area contributed by atoms with Gasteiger partial charge in [0.2, 0.25) is 11.9 Å². The molecule has 0 fully saturated rings. The van der Waals surface area contributed by atoms with E-state index in [-0.39, 0.29) is 17.5 Å². The van der Waals surface area contributed by atoms with Crippen molar-refractivity contribution in [3.05, 3.63) is 76.6 Å². The molecule has 3 aromatic rings. The van der Waals surface area contributed by atoms with Gasteiger partial charge in [-0.25, -0.2) is 4.98 Å². The smallest absolute Gasteiger partial charge is 0.252 e. The Bertz CT molecular complexity index is 1030. The highest BCUT2D eigenvalue weighted by atomic mass is 16.1. The van der Waals surface area contributed by atoms with E-state index in [1.54, 1.807) is 0 Å². The summed E-state index contributed by atoms with van der Waals surface area (Å²) in [6.07, 6.45) is 8.88. The Kier molecular flexibility index (Phi) is 8.40. The summed E-state index contributed by atoms with van der Waals surface area (Å²) in [6, 6.07) is 19.1. The van der Waals surface area contributed by atoms with Crippen molar-refractivity contribution in [1.82, 2.24) is 9.97 Å². The highest BCUT2D eigenvalue weighted by Gasteiger charge is 2.04. The third-order valence-corrected chi connectivity index (χ3v) is 5.07. The fourth-order valence-corrected chi connectivity index (χ4v) is 3.41. The second kappa shape index (κ2) is 11.7. The number of hydrogen-bond donors (Lipinski definition) is 3. The molecule has 0 aliphatic rings. The molecule has 0 aliphatic carbocycles. The van der Waals surface area contributed by atoms with E-state index in [9.17, 15) is 4.79 Å². The molecule has 0 aliphatic heterocycles. The number of aliphatic imine (C=N–C) groups is 1. The lowest BCUT2D eigenvalue weighted by Crippen LogP contribution is -2.22. The number of nitrogens with one attached hydrogen (secondary N) is 2. The number of nitrogens with zero attached hydrogens (tertiary/aromatic N) is 2. The molecule has 0 saturated carbocycles. The molecule has 6 heteroatoms. The average Bonchev–Trinajstić information content (AvgIpc) is 2.77. The number of aryl methyl sites for hydroxylation is 1. The van der Waals surface area contributed by atoms with Crippen LogP contribution < -0.4 is 16.6 Å². The van der Waals surface area contributed by atoms with Crippen LogP contribution in [0.3, 0.4) is 0 Å². The molecule has 3 rings (SSSR count). The van der Waals surface area contributed by atoms with E-state index in [1.807, 2.05) is 42.5 Å². The SMILES string of the molecule is CCCCCCCCc1ccc(N/C(N)=N/c2nc(-c3ccccc3)cc(=O)[nH]2)cc1. The van der Waals surface area contributed by atoms with E-state index in [0.29, 0.717) is 5.69 Å². The molecule has 1 aromatic heterocycles.